The minimum Gasteiger partial charge on any atom is -0.258 e. The summed E-state index contributed by atoms with van der Waals surface area (Å²) in [6.07, 6.45) is 1.02. The second kappa shape index (κ2) is 7.79. The Morgan fingerprint density at radius 1 is 1.43 bits per heavy atom. The number of nitro groups is 1. The molecule has 0 unspecified atom stereocenters. The van der Waals surface area contributed by atoms with E-state index in [0.717, 1.165) is 12.1 Å². The maximum absolute atomic E-state index is 11.9. The highest BCUT2D eigenvalue weighted by atomic mass is 35.5. The molecule has 0 saturated heterocycles. The van der Waals surface area contributed by atoms with Gasteiger partial charge in [0.25, 0.3) is 5.69 Å². The first-order chi connectivity index (χ1) is 9.88. The number of nitrogens with zero attached hydrogens (tertiary/aromatic N) is 4. The molecule has 1 aromatic rings. The summed E-state index contributed by atoms with van der Waals surface area (Å²) in [5.41, 5.74) is 7.61. The van der Waals surface area contributed by atoms with Crippen molar-refractivity contribution < 1.29 is 13.3 Å². The average molecular weight is 334 g/mol. The molecule has 9 nitrogen and oxygen atoms in total. The molecule has 0 amide bonds. The zero-order valence-corrected chi connectivity index (χ0v) is 12.3. The van der Waals surface area contributed by atoms with Crippen LogP contribution in [-0.4, -0.2) is 26.4 Å². The van der Waals surface area contributed by atoms with Crippen LogP contribution in [0.3, 0.4) is 0 Å². The fraction of sp³-hybridized carbons (Fsp3) is 0.400. The van der Waals surface area contributed by atoms with Crippen LogP contribution in [0.4, 0.5) is 5.69 Å². The second-order valence-corrected chi connectivity index (χ2v) is 6.10. The molecule has 0 bridgehead atoms. The highest BCUT2D eigenvalue weighted by Crippen LogP contribution is 2.26. The number of hydrogen-bond acceptors (Lipinski definition) is 5. The molecule has 0 heterocycles. The number of benzene rings is 1. The molecule has 0 saturated carbocycles. The van der Waals surface area contributed by atoms with Crippen LogP contribution >= 0.6 is 11.6 Å². The fourth-order valence-corrected chi connectivity index (χ4v) is 2.72. The Labute approximate surface area is 125 Å². The lowest BCUT2D eigenvalue weighted by Gasteiger charge is -2.06. The lowest BCUT2D eigenvalue weighted by Crippen LogP contribution is -2.25. The first kappa shape index (κ1) is 17.2. The molecule has 0 fully saturated rings. The van der Waals surface area contributed by atoms with Gasteiger partial charge in [0.15, 0.2) is 0 Å². The standard InChI is InChI=1S/C10H12ClN5O4S/c11-9-4-3-8(7-10(9)16(17)18)21(19,20)14-6-2-1-5-13-15-12/h3-4,7,14H,1-2,5-6H2. The van der Waals surface area contributed by atoms with Gasteiger partial charge in [-0.25, -0.2) is 13.1 Å². The maximum atomic E-state index is 11.9. The molecule has 1 aromatic carbocycles. The van der Waals surface area contributed by atoms with Gasteiger partial charge in [0.1, 0.15) is 5.02 Å². The van der Waals surface area contributed by atoms with E-state index in [1.54, 1.807) is 0 Å². The van der Waals surface area contributed by atoms with E-state index in [9.17, 15) is 18.5 Å². The summed E-state index contributed by atoms with van der Waals surface area (Å²) in [7, 11) is -3.84. The van der Waals surface area contributed by atoms with Crippen LogP contribution in [0, 0.1) is 10.1 Å². The van der Waals surface area contributed by atoms with E-state index < -0.39 is 20.6 Å². The normalized spacial score (nSPS) is 10.9. The number of nitrogens with one attached hydrogen (secondary N) is 1. The van der Waals surface area contributed by atoms with E-state index in [4.69, 9.17) is 17.1 Å². The van der Waals surface area contributed by atoms with Gasteiger partial charge >= 0.3 is 0 Å². The second-order valence-electron chi connectivity index (χ2n) is 3.93. The van der Waals surface area contributed by atoms with Crippen LogP contribution in [0.5, 0.6) is 0 Å². The van der Waals surface area contributed by atoms with Gasteiger partial charge in [-0.3, -0.25) is 10.1 Å². The summed E-state index contributed by atoms with van der Waals surface area (Å²) >= 11 is 5.62. The Morgan fingerprint density at radius 2 is 2.14 bits per heavy atom. The number of unbranched alkanes of at least 4 members (excludes halogenated alkanes) is 1. The van der Waals surface area contributed by atoms with E-state index in [1.165, 1.54) is 6.07 Å². The molecule has 0 radical (unpaired) electrons. The van der Waals surface area contributed by atoms with Crippen LogP contribution in [0.15, 0.2) is 28.2 Å². The summed E-state index contributed by atoms with van der Waals surface area (Å²) in [5.74, 6) is 0. The van der Waals surface area contributed by atoms with E-state index in [1.807, 2.05) is 0 Å². The lowest BCUT2D eigenvalue weighted by atomic mass is 10.3. The number of halogens is 1. The van der Waals surface area contributed by atoms with Crippen molar-refractivity contribution in [3.05, 3.63) is 43.8 Å². The quantitative estimate of drug-likeness (QED) is 0.195. The van der Waals surface area contributed by atoms with Gasteiger partial charge in [-0.05, 0) is 30.5 Å². The zero-order chi connectivity index (χ0) is 15.9. The third-order valence-corrected chi connectivity index (χ3v) is 4.24. The number of rotatable bonds is 8. The minimum absolute atomic E-state index is 0.131. The van der Waals surface area contributed by atoms with Crippen molar-refractivity contribution in [3.63, 3.8) is 0 Å². The SMILES string of the molecule is [N-]=[N+]=NCCCCNS(=O)(=O)c1ccc(Cl)c([N+](=O)[O-])c1. The van der Waals surface area contributed by atoms with E-state index in [0.29, 0.717) is 12.8 Å². The predicted octanol–water partition coefficient (Wildman–Crippen LogP) is 2.62. The zero-order valence-electron chi connectivity index (χ0n) is 10.8. The van der Waals surface area contributed by atoms with E-state index >= 15 is 0 Å². The van der Waals surface area contributed by atoms with Crippen LogP contribution in [0.2, 0.25) is 5.02 Å². The summed E-state index contributed by atoms with van der Waals surface area (Å²) in [6.45, 7) is 0.421. The predicted molar refractivity (Wildman–Crippen MR) is 76.5 cm³/mol. The van der Waals surface area contributed by atoms with Crippen LogP contribution in [-0.2, 0) is 10.0 Å². The minimum atomic E-state index is -3.84. The van der Waals surface area contributed by atoms with Crippen molar-refractivity contribution in [1.82, 2.24) is 4.72 Å². The molecular formula is C10H12ClN5O4S. The van der Waals surface area contributed by atoms with Crippen molar-refractivity contribution >= 4 is 27.3 Å². The molecular weight excluding hydrogens is 322 g/mol. The summed E-state index contributed by atoms with van der Waals surface area (Å²) < 4.78 is 26.2. The van der Waals surface area contributed by atoms with Gasteiger partial charge < -0.3 is 0 Å². The molecule has 0 aliphatic heterocycles. The lowest BCUT2D eigenvalue weighted by molar-refractivity contribution is -0.384. The number of sulfonamides is 1. The van der Waals surface area contributed by atoms with Gasteiger partial charge in [-0.1, -0.05) is 16.7 Å². The summed E-state index contributed by atoms with van der Waals surface area (Å²) in [5, 5.41) is 13.9. The molecule has 11 heteroatoms. The van der Waals surface area contributed by atoms with Crippen molar-refractivity contribution in [2.75, 3.05) is 13.1 Å². The first-order valence-corrected chi connectivity index (χ1v) is 7.69. The molecule has 0 aromatic heterocycles. The largest absolute Gasteiger partial charge is 0.289 e. The molecule has 114 valence electrons. The van der Waals surface area contributed by atoms with Gasteiger partial charge in [0, 0.05) is 24.1 Å². The molecule has 0 atom stereocenters. The fourth-order valence-electron chi connectivity index (χ4n) is 1.44. The summed E-state index contributed by atoms with van der Waals surface area (Å²) in [6, 6.07) is 3.26. The van der Waals surface area contributed by atoms with E-state index in [2.05, 4.69) is 14.7 Å². The molecule has 0 aliphatic rings. The van der Waals surface area contributed by atoms with Crippen molar-refractivity contribution in [2.45, 2.75) is 17.7 Å². The molecule has 1 N–H and O–H groups in total. The van der Waals surface area contributed by atoms with E-state index in [-0.39, 0.29) is 23.0 Å². The van der Waals surface area contributed by atoms with Crippen LogP contribution < -0.4 is 4.72 Å². The number of nitro benzene ring substituents is 1. The molecule has 1 rings (SSSR count). The topological polar surface area (TPSA) is 138 Å². The number of hydrogen-bond donors (Lipinski definition) is 1. The Morgan fingerprint density at radius 3 is 2.76 bits per heavy atom. The molecule has 0 aliphatic carbocycles. The smallest absolute Gasteiger partial charge is 0.258 e. The first-order valence-electron chi connectivity index (χ1n) is 5.83. The maximum Gasteiger partial charge on any atom is 0.289 e. The molecule has 21 heavy (non-hydrogen) atoms. The number of azide groups is 1. The van der Waals surface area contributed by atoms with Gasteiger partial charge in [0.05, 0.1) is 9.82 Å². The Balaban J connectivity index is 2.72. The third kappa shape index (κ3) is 5.20. The monoisotopic (exact) mass is 333 g/mol. The average Bonchev–Trinajstić information content (AvgIpc) is 2.42. The molecule has 0 spiro atoms. The Kier molecular flexibility index (Phi) is 6.38. The van der Waals surface area contributed by atoms with Gasteiger partial charge in [-0.15, -0.1) is 0 Å². The van der Waals surface area contributed by atoms with Gasteiger partial charge in [0.2, 0.25) is 10.0 Å². The van der Waals surface area contributed by atoms with Crippen molar-refractivity contribution in [3.8, 4) is 0 Å². The van der Waals surface area contributed by atoms with Crippen molar-refractivity contribution in [1.29, 1.82) is 0 Å². The van der Waals surface area contributed by atoms with Crippen molar-refractivity contribution in [2.24, 2.45) is 5.11 Å². The third-order valence-electron chi connectivity index (χ3n) is 2.46. The highest BCUT2D eigenvalue weighted by molar-refractivity contribution is 7.89. The Bertz CT molecular complexity index is 672. The van der Waals surface area contributed by atoms with Crippen LogP contribution in [0.25, 0.3) is 10.4 Å². The van der Waals surface area contributed by atoms with Crippen LogP contribution in [0.1, 0.15) is 12.8 Å². The summed E-state index contributed by atoms with van der Waals surface area (Å²) in [4.78, 5) is 12.3. The highest BCUT2D eigenvalue weighted by Gasteiger charge is 2.20. The Hall–Kier alpha value is -1.87. The van der Waals surface area contributed by atoms with Gasteiger partial charge in [-0.2, -0.15) is 0 Å².